The molecule has 5 atom stereocenters. The van der Waals surface area contributed by atoms with Gasteiger partial charge < -0.3 is 19.7 Å². The number of fused-ring (bicyclic) bond motifs is 1. The Morgan fingerprint density at radius 2 is 2.18 bits per heavy atom. The largest absolute Gasteiger partial charge is 0.504 e. The van der Waals surface area contributed by atoms with Crippen molar-refractivity contribution in [3.8, 4) is 11.5 Å². The molecule has 4 aliphatic rings. The Bertz CT molecular complexity index is 1140. The van der Waals surface area contributed by atoms with Gasteiger partial charge in [-0.2, -0.15) is 0 Å². The summed E-state index contributed by atoms with van der Waals surface area (Å²) < 4.78 is 12.7. The van der Waals surface area contributed by atoms with Crippen LogP contribution in [0.15, 0.2) is 35.7 Å². The molecule has 5 nitrogen and oxygen atoms in total. The van der Waals surface area contributed by atoms with Gasteiger partial charge in [-0.3, -0.25) is 4.90 Å². The second kappa shape index (κ2) is 7.82. The number of phenols is 1. The molecule has 1 spiro atoms. The minimum Gasteiger partial charge on any atom is -0.504 e. The maximum atomic E-state index is 11.7. The van der Waals surface area contributed by atoms with Crippen molar-refractivity contribution >= 4 is 11.3 Å². The lowest BCUT2D eigenvalue weighted by atomic mass is 9.60. The summed E-state index contributed by atoms with van der Waals surface area (Å²) in [4.78, 5) is 3.58. The first-order valence-electron chi connectivity index (χ1n) is 12.5. The van der Waals surface area contributed by atoms with E-state index < -0.39 is 11.7 Å². The van der Waals surface area contributed by atoms with Crippen LogP contribution in [0.2, 0.25) is 0 Å². The fourth-order valence-electron chi connectivity index (χ4n) is 6.91. The molecule has 6 heteroatoms. The molecule has 6 rings (SSSR count). The zero-order chi connectivity index (χ0) is 23.8. The second-order valence-corrected chi connectivity index (χ2v) is 12.0. The van der Waals surface area contributed by atoms with Crippen LogP contribution in [-0.2, 0) is 22.2 Å². The molecule has 1 saturated carbocycles. The average molecular weight is 482 g/mol. The number of ether oxygens (including phenoxy) is 2. The Kier molecular flexibility index (Phi) is 5.20. The molecular formula is C28H35NO4S. The number of benzene rings is 1. The van der Waals surface area contributed by atoms with E-state index in [2.05, 4.69) is 17.5 Å². The molecule has 2 bridgehead atoms. The number of nitrogens with zero attached hydrogens (tertiary/aromatic N) is 1. The fourth-order valence-corrected chi connectivity index (χ4v) is 7.94. The van der Waals surface area contributed by atoms with Gasteiger partial charge in [0.1, 0.15) is 17.8 Å². The third kappa shape index (κ3) is 3.22. The van der Waals surface area contributed by atoms with Crippen molar-refractivity contribution in [3.05, 3.63) is 57.3 Å². The van der Waals surface area contributed by atoms with E-state index in [-0.39, 0.29) is 17.3 Å². The van der Waals surface area contributed by atoms with Gasteiger partial charge in [0.2, 0.25) is 0 Å². The van der Waals surface area contributed by atoms with Crippen molar-refractivity contribution in [2.75, 3.05) is 20.2 Å². The second-order valence-electron chi connectivity index (χ2n) is 11.1. The highest BCUT2D eigenvalue weighted by atomic mass is 32.1. The van der Waals surface area contributed by atoms with Crippen LogP contribution in [-0.4, -0.2) is 53.6 Å². The molecule has 2 N–H and O–H groups in total. The first kappa shape index (κ1) is 22.6. The van der Waals surface area contributed by atoms with Crippen LogP contribution in [0.3, 0.4) is 0 Å². The maximum absolute atomic E-state index is 11.7. The minimum absolute atomic E-state index is 0.195. The smallest absolute Gasteiger partial charge is 0.165 e. The number of phenolic OH excluding ortho intramolecular Hbond substituents is 1. The summed E-state index contributed by atoms with van der Waals surface area (Å²) in [5, 5.41) is 24.5. The Hall–Kier alpha value is -1.86. The van der Waals surface area contributed by atoms with Crippen LogP contribution in [0, 0.1) is 12.8 Å². The molecule has 2 fully saturated rings. The lowest BCUT2D eigenvalue weighted by molar-refractivity contribution is -0.0531. The van der Waals surface area contributed by atoms with Crippen LogP contribution in [0.4, 0.5) is 0 Å². The van der Waals surface area contributed by atoms with Crippen molar-refractivity contribution in [2.24, 2.45) is 5.92 Å². The van der Waals surface area contributed by atoms with Gasteiger partial charge in [-0.15, -0.1) is 11.3 Å². The summed E-state index contributed by atoms with van der Waals surface area (Å²) in [6.07, 6.45) is 4.81. The molecule has 3 heterocycles. The molecular weight excluding hydrogens is 446 g/mol. The van der Waals surface area contributed by atoms with Gasteiger partial charge in [-0.1, -0.05) is 12.6 Å². The molecule has 34 heavy (non-hydrogen) atoms. The van der Waals surface area contributed by atoms with Gasteiger partial charge >= 0.3 is 0 Å². The monoisotopic (exact) mass is 481 g/mol. The van der Waals surface area contributed by atoms with Gasteiger partial charge in [-0.05, 0) is 92.6 Å². The molecule has 0 radical (unpaired) electrons. The summed E-state index contributed by atoms with van der Waals surface area (Å²) in [7, 11) is 1.68. The molecule has 2 aliphatic heterocycles. The van der Waals surface area contributed by atoms with Gasteiger partial charge in [-0.25, -0.2) is 0 Å². The molecule has 2 unspecified atom stereocenters. The predicted octanol–water partition coefficient (Wildman–Crippen LogP) is 4.67. The fraction of sp³-hybridized carbons (Fsp3) is 0.571. The summed E-state index contributed by atoms with van der Waals surface area (Å²) in [5.74, 6) is 1.66. The van der Waals surface area contributed by atoms with Crippen molar-refractivity contribution < 1.29 is 19.7 Å². The van der Waals surface area contributed by atoms with Gasteiger partial charge in [0.15, 0.2) is 11.5 Å². The standard InChI is InChI=1S/C28H35NO4S/c1-16-9-12-34-26(16)27(3,31)17(2)23(32-4)25-28-10-11-29(15-18-5-6-18)20(14-28)13-19-7-8-21(30)24(33-25)22(19)28/h7-9,12,18,20,23,25,30-31H,2,5-6,10-11,13-15H2,1,3-4H3/t20-,23?,25-,27?,28-/m0/s1. The van der Waals surface area contributed by atoms with Gasteiger partial charge in [0, 0.05) is 35.6 Å². The first-order valence-corrected chi connectivity index (χ1v) is 13.4. The van der Waals surface area contributed by atoms with Crippen LogP contribution < -0.4 is 4.74 Å². The van der Waals surface area contributed by atoms with E-state index in [1.807, 2.05) is 25.3 Å². The molecule has 2 aliphatic carbocycles. The normalized spacial score (nSPS) is 30.4. The van der Waals surface area contributed by atoms with E-state index in [1.54, 1.807) is 13.2 Å². The van der Waals surface area contributed by atoms with E-state index in [9.17, 15) is 10.2 Å². The topological polar surface area (TPSA) is 62.2 Å². The van der Waals surface area contributed by atoms with E-state index in [0.29, 0.717) is 17.4 Å². The highest BCUT2D eigenvalue weighted by Gasteiger charge is 2.60. The number of aliphatic hydroxyl groups is 1. The maximum Gasteiger partial charge on any atom is 0.165 e. The number of methoxy groups -OCH3 is 1. The number of likely N-dealkylation sites (tertiary alicyclic amines) is 1. The third-order valence-electron chi connectivity index (χ3n) is 8.92. The Labute approximate surface area is 206 Å². The summed E-state index contributed by atoms with van der Waals surface area (Å²) in [6.45, 7) is 10.4. The van der Waals surface area contributed by atoms with E-state index >= 15 is 0 Å². The molecule has 2 aromatic rings. The summed E-state index contributed by atoms with van der Waals surface area (Å²) in [6, 6.07) is 6.35. The van der Waals surface area contributed by atoms with Crippen molar-refractivity contribution in [1.29, 1.82) is 0 Å². The third-order valence-corrected chi connectivity index (χ3v) is 10.1. The Morgan fingerprint density at radius 1 is 1.38 bits per heavy atom. The Balaban J connectivity index is 1.40. The summed E-state index contributed by atoms with van der Waals surface area (Å²) >= 11 is 1.54. The van der Waals surface area contributed by atoms with Crippen molar-refractivity contribution in [1.82, 2.24) is 4.90 Å². The number of hydrogen-bond donors (Lipinski definition) is 2. The zero-order valence-corrected chi connectivity index (χ0v) is 21.2. The quantitative estimate of drug-likeness (QED) is 0.563. The molecule has 182 valence electrons. The molecule has 1 aromatic carbocycles. The van der Waals surface area contributed by atoms with Crippen LogP contribution in [0.5, 0.6) is 11.5 Å². The van der Waals surface area contributed by atoms with Crippen LogP contribution in [0.1, 0.15) is 54.2 Å². The molecule has 1 aromatic heterocycles. The number of piperidine rings is 1. The highest BCUT2D eigenvalue weighted by Crippen LogP contribution is 2.60. The predicted molar refractivity (Wildman–Crippen MR) is 134 cm³/mol. The van der Waals surface area contributed by atoms with Gasteiger partial charge in [0.25, 0.3) is 0 Å². The SMILES string of the molecule is C=C(C(OC)[C@@H]1Oc2c(O)ccc3c2[C@@]12CCN(CC1CC1)[C@@H](C3)C2)C(C)(O)c1sccc1C. The first-order chi connectivity index (χ1) is 16.3. The van der Waals surface area contributed by atoms with E-state index in [0.717, 1.165) is 42.2 Å². The zero-order valence-electron chi connectivity index (χ0n) is 20.3. The lowest BCUT2D eigenvalue weighted by Gasteiger charge is -2.52. The number of hydrogen-bond acceptors (Lipinski definition) is 6. The lowest BCUT2D eigenvalue weighted by Crippen LogP contribution is -2.60. The van der Waals surface area contributed by atoms with Crippen LogP contribution in [0.25, 0.3) is 0 Å². The number of aromatic hydroxyl groups is 1. The Morgan fingerprint density at radius 3 is 2.85 bits per heavy atom. The van der Waals surface area contributed by atoms with E-state index in [1.165, 1.54) is 41.9 Å². The highest BCUT2D eigenvalue weighted by molar-refractivity contribution is 7.10. The number of aryl methyl sites for hydroxylation is 1. The molecule has 1 saturated heterocycles. The summed E-state index contributed by atoms with van der Waals surface area (Å²) in [5.41, 5.74) is 2.62. The number of rotatable bonds is 7. The van der Waals surface area contributed by atoms with Crippen molar-refractivity contribution in [2.45, 2.75) is 75.2 Å². The van der Waals surface area contributed by atoms with Crippen molar-refractivity contribution in [3.63, 3.8) is 0 Å². The number of thiophene rings is 1. The van der Waals surface area contributed by atoms with E-state index in [4.69, 9.17) is 9.47 Å². The minimum atomic E-state index is -1.24. The van der Waals surface area contributed by atoms with Crippen LogP contribution >= 0.6 is 11.3 Å². The average Bonchev–Trinajstić information content (AvgIpc) is 3.43. The molecule has 0 amide bonds. The van der Waals surface area contributed by atoms with Gasteiger partial charge in [0.05, 0.1) is 0 Å².